The third kappa shape index (κ3) is 3.06. The number of anilines is 1. The molecule has 1 aromatic carbocycles. The molecule has 1 aliphatic carbocycles. The largest absolute Gasteiger partial charge is 0.394 e. The molecule has 0 atom stereocenters. The van der Waals surface area contributed by atoms with Gasteiger partial charge in [-0.25, -0.2) is 9.18 Å². The number of benzene rings is 1. The van der Waals surface area contributed by atoms with Crippen molar-refractivity contribution in [3.8, 4) is 6.07 Å². The van der Waals surface area contributed by atoms with Crippen molar-refractivity contribution in [3.05, 3.63) is 29.6 Å². The first-order valence-corrected chi connectivity index (χ1v) is 6.48. The number of aliphatic hydroxyl groups excluding tert-OH is 1. The molecule has 0 radical (unpaired) electrons. The SMILES string of the molecule is N#Cc1cc(F)ccc1NC(=O)NC1(CO)CCCC1. The highest BCUT2D eigenvalue weighted by Gasteiger charge is 2.34. The van der Waals surface area contributed by atoms with Gasteiger partial charge < -0.3 is 15.7 Å². The molecule has 0 aliphatic heterocycles. The summed E-state index contributed by atoms with van der Waals surface area (Å²) in [6.07, 6.45) is 3.37. The highest BCUT2D eigenvalue weighted by atomic mass is 19.1. The van der Waals surface area contributed by atoms with Crippen molar-refractivity contribution in [3.63, 3.8) is 0 Å². The second-order valence-corrected chi connectivity index (χ2v) is 5.03. The van der Waals surface area contributed by atoms with Gasteiger partial charge in [-0.1, -0.05) is 12.8 Å². The summed E-state index contributed by atoms with van der Waals surface area (Å²) in [5, 5.41) is 23.6. The Morgan fingerprint density at radius 3 is 2.75 bits per heavy atom. The van der Waals surface area contributed by atoms with Crippen molar-refractivity contribution in [2.24, 2.45) is 0 Å². The number of aliphatic hydroxyl groups is 1. The Balaban J connectivity index is 2.07. The average molecular weight is 277 g/mol. The lowest BCUT2D eigenvalue weighted by molar-refractivity contribution is 0.167. The van der Waals surface area contributed by atoms with E-state index in [1.165, 1.54) is 12.1 Å². The van der Waals surface area contributed by atoms with Crippen LogP contribution in [-0.4, -0.2) is 23.3 Å². The van der Waals surface area contributed by atoms with Gasteiger partial charge in [0.15, 0.2) is 0 Å². The van der Waals surface area contributed by atoms with Crippen LogP contribution in [0.25, 0.3) is 0 Å². The van der Waals surface area contributed by atoms with Crippen molar-refractivity contribution >= 4 is 11.7 Å². The fourth-order valence-corrected chi connectivity index (χ4v) is 2.49. The van der Waals surface area contributed by atoms with Crippen molar-refractivity contribution in [1.29, 1.82) is 5.26 Å². The zero-order valence-corrected chi connectivity index (χ0v) is 10.9. The Morgan fingerprint density at radius 1 is 1.45 bits per heavy atom. The molecule has 2 amide bonds. The molecule has 0 bridgehead atoms. The van der Waals surface area contributed by atoms with Gasteiger partial charge in [0.25, 0.3) is 0 Å². The number of hydrogen-bond acceptors (Lipinski definition) is 3. The molecule has 1 aliphatic rings. The van der Waals surface area contributed by atoms with E-state index >= 15 is 0 Å². The van der Waals surface area contributed by atoms with Crippen LogP contribution in [0.1, 0.15) is 31.2 Å². The van der Waals surface area contributed by atoms with E-state index in [9.17, 15) is 14.3 Å². The lowest BCUT2D eigenvalue weighted by atomic mass is 9.99. The number of halogens is 1. The molecule has 6 heteroatoms. The van der Waals surface area contributed by atoms with Crippen molar-refractivity contribution in [2.75, 3.05) is 11.9 Å². The van der Waals surface area contributed by atoms with E-state index in [1.807, 2.05) is 6.07 Å². The van der Waals surface area contributed by atoms with Crippen LogP contribution in [0.2, 0.25) is 0 Å². The summed E-state index contributed by atoms with van der Waals surface area (Å²) in [6, 6.07) is 4.91. The highest BCUT2D eigenvalue weighted by molar-refractivity contribution is 5.91. The van der Waals surface area contributed by atoms with Crippen LogP contribution in [0.15, 0.2) is 18.2 Å². The summed E-state index contributed by atoms with van der Waals surface area (Å²) in [4.78, 5) is 11.9. The molecule has 20 heavy (non-hydrogen) atoms. The summed E-state index contributed by atoms with van der Waals surface area (Å²) < 4.78 is 13.0. The number of amides is 2. The van der Waals surface area contributed by atoms with Crippen molar-refractivity contribution in [1.82, 2.24) is 5.32 Å². The summed E-state index contributed by atoms with van der Waals surface area (Å²) in [5.74, 6) is -0.532. The normalized spacial score (nSPS) is 16.4. The number of carbonyl (C=O) groups is 1. The van der Waals surface area contributed by atoms with Crippen LogP contribution in [0.5, 0.6) is 0 Å². The van der Waals surface area contributed by atoms with E-state index in [0.717, 1.165) is 31.7 Å². The number of carbonyl (C=O) groups excluding carboxylic acids is 1. The minimum atomic E-state index is -0.586. The number of nitrogens with one attached hydrogen (secondary N) is 2. The van der Waals surface area contributed by atoms with E-state index in [4.69, 9.17) is 5.26 Å². The molecule has 1 aromatic rings. The van der Waals surface area contributed by atoms with Crippen molar-refractivity contribution in [2.45, 2.75) is 31.2 Å². The highest BCUT2D eigenvalue weighted by Crippen LogP contribution is 2.29. The molecule has 1 fully saturated rings. The Kier molecular flexibility index (Phi) is 4.20. The third-order valence-corrected chi connectivity index (χ3v) is 3.59. The smallest absolute Gasteiger partial charge is 0.319 e. The maximum Gasteiger partial charge on any atom is 0.319 e. The van der Waals surface area contributed by atoms with Crippen LogP contribution in [0.4, 0.5) is 14.9 Å². The van der Waals surface area contributed by atoms with Gasteiger partial charge >= 0.3 is 6.03 Å². The quantitative estimate of drug-likeness (QED) is 0.791. The summed E-state index contributed by atoms with van der Waals surface area (Å²) in [7, 11) is 0. The molecule has 0 saturated heterocycles. The molecule has 2 rings (SSSR count). The van der Waals surface area contributed by atoms with E-state index in [1.54, 1.807) is 0 Å². The van der Waals surface area contributed by atoms with Crippen LogP contribution >= 0.6 is 0 Å². The number of nitrogens with zero attached hydrogens (tertiary/aromatic N) is 1. The predicted octanol–water partition coefficient (Wildman–Crippen LogP) is 2.12. The number of urea groups is 1. The average Bonchev–Trinajstić information content (AvgIpc) is 2.89. The van der Waals surface area contributed by atoms with Gasteiger partial charge in [0.2, 0.25) is 0 Å². The second kappa shape index (κ2) is 5.88. The molecular weight excluding hydrogens is 261 g/mol. The molecule has 0 aromatic heterocycles. The predicted molar refractivity (Wildman–Crippen MR) is 71.6 cm³/mol. The van der Waals surface area contributed by atoms with Gasteiger partial charge in [-0.3, -0.25) is 0 Å². The Morgan fingerprint density at radius 2 is 2.15 bits per heavy atom. The lowest BCUT2D eigenvalue weighted by Gasteiger charge is -2.28. The van der Waals surface area contributed by atoms with Gasteiger partial charge in [-0.15, -0.1) is 0 Å². The second-order valence-electron chi connectivity index (χ2n) is 5.03. The first-order valence-electron chi connectivity index (χ1n) is 6.48. The summed E-state index contributed by atoms with van der Waals surface area (Å²) in [5.41, 5.74) is -0.279. The molecule has 3 N–H and O–H groups in total. The minimum Gasteiger partial charge on any atom is -0.394 e. The molecule has 5 nitrogen and oxygen atoms in total. The Labute approximate surface area is 116 Å². The molecule has 0 spiro atoms. The van der Waals surface area contributed by atoms with Gasteiger partial charge in [-0.05, 0) is 31.0 Å². The fraction of sp³-hybridized carbons (Fsp3) is 0.429. The van der Waals surface area contributed by atoms with E-state index in [-0.39, 0.29) is 17.9 Å². The van der Waals surface area contributed by atoms with Crippen LogP contribution in [0.3, 0.4) is 0 Å². The van der Waals surface area contributed by atoms with E-state index < -0.39 is 17.4 Å². The molecule has 106 valence electrons. The molecule has 1 saturated carbocycles. The molecule has 0 heterocycles. The first kappa shape index (κ1) is 14.3. The zero-order valence-electron chi connectivity index (χ0n) is 10.9. The third-order valence-electron chi connectivity index (χ3n) is 3.59. The topological polar surface area (TPSA) is 85.2 Å². The zero-order chi connectivity index (χ0) is 14.6. The Hall–Kier alpha value is -2.13. The van der Waals surface area contributed by atoms with Gasteiger partial charge in [0, 0.05) is 0 Å². The summed E-state index contributed by atoms with van der Waals surface area (Å²) in [6.45, 7) is -0.116. The monoisotopic (exact) mass is 277 g/mol. The van der Waals surface area contributed by atoms with E-state index in [0.29, 0.717) is 0 Å². The van der Waals surface area contributed by atoms with Gasteiger partial charge in [0.1, 0.15) is 11.9 Å². The van der Waals surface area contributed by atoms with Crippen LogP contribution < -0.4 is 10.6 Å². The lowest BCUT2D eigenvalue weighted by Crippen LogP contribution is -2.50. The minimum absolute atomic E-state index is 0.0598. The summed E-state index contributed by atoms with van der Waals surface area (Å²) >= 11 is 0. The number of hydrogen-bond donors (Lipinski definition) is 3. The maximum atomic E-state index is 13.0. The standard InChI is InChI=1S/C14H16FN3O2/c15-11-3-4-12(10(7-11)8-16)17-13(20)18-14(9-19)5-1-2-6-14/h3-4,7,19H,1-2,5-6,9H2,(H2,17,18,20). The number of rotatable bonds is 3. The van der Waals surface area contributed by atoms with Gasteiger partial charge in [0.05, 0.1) is 23.4 Å². The van der Waals surface area contributed by atoms with Crippen LogP contribution in [-0.2, 0) is 0 Å². The van der Waals surface area contributed by atoms with Gasteiger partial charge in [-0.2, -0.15) is 5.26 Å². The maximum absolute atomic E-state index is 13.0. The first-order chi connectivity index (χ1) is 9.58. The van der Waals surface area contributed by atoms with Crippen LogP contribution in [0, 0.1) is 17.1 Å². The fourth-order valence-electron chi connectivity index (χ4n) is 2.49. The van der Waals surface area contributed by atoms with E-state index in [2.05, 4.69) is 10.6 Å². The van der Waals surface area contributed by atoms with Crippen molar-refractivity contribution < 1.29 is 14.3 Å². The molecule has 0 unspecified atom stereocenters. The number of nitriles is 1. The Bertz CT molecular complexity index is 548. The molecular formula is C14H16FN3O2.